The summed E-state index contributed by atoms with van der Waals surface area (Å²) in [6.07, 6.45) is 35.4. The fourth-order valence-corrected chi connectivity index (χ4v) is 7.63. The van der Waals surface area contributed by atoms with Gasteiger partial charge < -0.3 is 45.4 Å². The Labute approximate surface area is 354 Å². The lowest BCUT2D eigenvalue weighted by Gasteiger charge is -2.40. The van der Waals surface area contributed by atoms with E-state index < -0.39 is 61.5 Å². The normalized spacial score (nSPS) is 21.6. The highest BCUT2D eigenvalue weighted by molar-refractivity contribution is 5.80. The zero-order chi connectivity index (χ0) is 42.5. The van der Waals surface area contributed by atoms with Gasteiger partial charge in [-0.15, -0.1) is 0 Å². The molecular formula is C48H91NO9. The predicted octanol–water partition coefficient (Wildman–Crippen LogP) is 9.25. The fraction of sp³-hybridized carbons (Fsp3) is 0.896. The number of rotatable bonds is 40. The van der Waals surface area contributed by atoms with Crippen LogP contribution in [-0.4, -0.2) is 98.7 Å². The van der Waals surface area contributed by atoms with Gasteiger partial charge in [-0.25, -0.2) is 0 Å². The maximum absolute atomic E-state index is 13.0. The van der Waals surface area contributed by atoms with Gasteiger partial charge in [-0.05, 0) is 44.9 Å². The summed E-state index contributed by atoms with van der Waals surface area (Å²) in [7, 11) is 0. The number of ether oxygens (including phenoxy) is 2. The predicted molar refractivity (Wildman–Crippen MR) is 236 cm³/mol. The number of carbonyl (C=O) groups is 1. The van der Waals surface area contributed by atoms with Crippen LogP contribution in [0.1, 0.15) is 213 Å². The van der Waals surface area contributed by atoms with E-state index in [0.717, 1.165) is 44.9 Å². The highest BCUT2D eigenvalue weighted by atomic mass is 16.7. The van der Waals surface area contributed by atoms with Crippen LogP contribution in [0.5, 0.6) is 0 Å². The molecule has 1 fully saturated rings. The number of allylic oxidation sites excluding steroid dienone is 3. The van der Waals surface area contributed by atoms with E-state index in [1.807, 2.05) is 6.08 Å². The van der Waals surface area contributed by atoms with Crippen molar-refractivity contribution in [3.05, 3.63) is 24.3 Å². The van der Waals surface area contributed by atoms with E-state index in [-0.39, 0.29) is 6.61 Å². The summed E-state index contributed by atoms with van der Waals surface area (Å²) in [5.74, 6) is -0.620. The Morgan fingerprint density at radius 3 is 1.45 bits per heavy atom. The molecule has 0 aromatic carbocycles. The maximum atomic E-state index is 13.0. The van der Waals surface area contributed by atoms with Crippen molar-refractivity contribution in [1.82, 2.24) is 5.32 Å². The number of aliphatic hydroxyl groups excluding tert-OH is 6. The Balaban J connectivity index is 2.39. The second kappa shape index (κ2) is 38.5. The van der Waals surface area contributed by atoms with E-state index in [9.17, 15) is 35.4 Å². The van der Waals surface area contributed by atoms with Crippen LogP contribution in [-0.2, 0) is 14.3 Å². The Hall–Kier alpha value is -1.37. The molecule has 1 amide bonds. The molecule has 0 aliphatic carbocycles. The van der Waals surface area contributed by atoms with Gasteiger partial charge in [0.2, 0.25) is 5.91 Å². The number of hydrogen-bond acceptors (Lipinski definition) is 9. The molecule has 10 heteroatoms. The van der Waals surface area contributed by atoms with Gasteiger partial charge in [-0.3, -0.25) is 4.79 Å². The third-order valence-electron chi connectivity index (χ3n) is 11.6. The van der Waals surface area contributed by atoms with Crippen LogP contribution in [0.3, 0.4) is 0 Å². The Morgan fingerprint density at radius 2 is 1.00 bits per heavy atom. The van der Waals surface area contributed by atoms with Crippen LogP contribution in [0.25, 0.3) is 0 Å². The number of nitrogens with one attached hydrogen (secondary N) is 1. The molecule has 1 aliphatic heterocycles. The van der Waals surface area contributed by atoms with Gasteiger partial charge in [-0.2, -0.15) is 0 Å². The molecule has 0 aromatic rings. The first-order valence-corrected chi connectivity index (χ1v) is 24.2. The zero-order valence-electron chi connectivity index (χ0n) is 37.2. The van der Waals surface area contributed by atoms with Gasteiger partial charge in [0.05, 0.1) is 25.4 Å². The van der Waals surface area contributed by atoms with Gasteiger partial charge in [0, 0.05) is 0 Å². The summed E-state index contributed by atoms with van der Waals surface area (Å²) in [6, 6.07) is -0.980. The standard InChI is InChI=1S/C48H91NO9/c1-3-5-7-9-11-13-15-17-19-20-21-23-25-27-29-31-33-35-37-42(52)47(56)49-40(39-57-48-46(55)45(54)44(53)43(38-50)58-48)41(51)36-34-32-30-28-26-24-22-18-16-14-12-10-8-6-4-2/h20-21,34,36,40-46,48,50-55H,3-19,22-33,35,37-39H2,1-2H3,(H,49,56)/b21-20-,36-34+. The summed E-state index contributed by atoms with van der Waals surface area (Å²) < 4.78 is 11.1. The summed E-state index contributed by atoms with van der Waals surface area (Å²) in [4.78, 5) is 13.0. The topological polar surface area (TPSA) is 169 Å². The van der Waals surface area contributed by atoms with Gasteiger partial charge in [0.15, 0.2) is 6.29 Å². The second-order valence-electron chi connectivity index (χ2n) is 17.0. The van der Waals surface area contributed by atoms with Crippen LogP contribution >= 0.6 is 0 Å². The van der Waals surface area contributed by atoms with Crippen molar-refractivity contribution >= 4 is 5.91 Å². The van der Waals surface area contributed by atoms with E-state index >= 15 is 0 Å². The lowest BCUT2D eigenvalue weighted by Crippen LogP contribution is -2.60. The molecule has 8 unspecified atom stereocenters. The molecular weight excluding hydrogens is 735 g/mol. The number of carbonyl (C=O) groups excluding carboxylic acids is 1. The van der Waals surface area contributed by atoms with Crippen LogP contribution in [0.15, 0.2) is 24.3 Å². The largest absolute Gasteiger partial charge is 0.394 e. The van der Waals surface area contributed by atoms with Gasteiger partial charge in [-0.1, -0.05) is 192 Å². The second-order valence-corrected chi connectivity index (χ2v) is 17.0. The van der Waals surface area contributed by atoms with Crippen molar-refractivity contribution in [1.29, 1.82) is 0 Å². The number of aliphatic hydroxyl groups is 6. The molecule has 1 saturated heterocycles. The van der Waals surface area contributed by atoms with Crippen molar-refractivity contribution in [2.75, 3.05) is 13.2 Å². The lowest BCUT2D eigenvalue weighted by atomic mass is 9.99. The summed E-state index contributed by atoms with van der Waals surface area (Å²) in [5, 5.41) is 64.7. The molecule has 342 valence electrons. The molecule has 58 heavy (non-hydrogen) atoms. The molecule has 0 aromatic heterocycles. The third kappa shape index (κ3) is 28.2. The minimum Gasteiger partial charge on any atom is -0.394 e. The van der Waals surface area contributed by atoms with Gasteiger partial charge >= 0.3 is 0 Å². The molecule has 0 saturated carbocycles. The zero-order valence-corrected chi connectivity index (χ0v) is 37.2. The summed E-state index contributed by atoms with van der Waals surface area (Å²) in [6.45, 7) is 3.61. The summed E-state index contributed by atoms with van der Waals surface area (Å²) >= 11 is 0. The molecule has 10 nitrogen and oxygen atoms in total. The average Bonchev–Trinajstić information content (AvgIpc) is 3.22. The third-order valence-corrected chi connectivity index (χ3v) is 11.6. The smallest absolute Gasteiger partial charge is 0.249 e. The molecule has 7 N–H and O–H groups in total. The Bertz CT molecular complexity index is 979. The lowest BCUT2D eigenvalue weighted by molar-refractivity contribution is -0.302. The Morgan fingerprint density at radius 1 is 0.586 bits per heavy atom. The van der Waals surface area contributed by atoms with E-state index in [1.165, 1.54) is 141 Å². The summed E-state index contributed by atoms with van der Waals surface area (Å²) in [5.41, 5.74) is 0. The highest BCUT2D eigenvalue weighted by Crippen LogP contribution is 2.23. The van der Waals surface area contributed by atoms with Crippen molar-refractivity contribution in [3.63, 3.8) is 0 Å². The van der Waals surface area contributed by atoms with Gasteiger partial charge in [0.25, 0.3) is 0 Å². The van der Waals surface area contributed by atoms with Crippen molar-refractivity contribution in [2.45, 2.75) is 262 Å². The minimum atomic E-state index is -1.61. The first-order valence-electron chi connectivity index (χ1n) is 24.2. The maximum Gasteiger partial charge on any atom is 0.249 e. The molecule has 8 atom stereocenters. The number of unbranched alkanes of at least 4 members (excludes halogenated alkanes) is 27. The highest BCUT2D eigenvalue weighted by Gasteiger charge is 2.44. The van der Waals surface area contributed by atoms with Gasteiger partial charge in [0.1, 0.15) is 30.5 Å². The van der Waals surface area contributed by atoms with E-state index in [1.54, 1.807) is 6.08 Å². The number of hydrogen-bond donors (Lipinski definition) is 7. The molecule has 1 heterocycles. The number of amides is 1. The van der Waals surface area contributed by atoms with Crippen LogP contribution in [0.2, 0.25) is 0 Å². The molecule has 1 rings (SSSR count). The van der Waals surface area contributed by atoms with E-state index in [0.29, 0.717) is 12.8 Å². The monoisotopic (exact) mass is 826 g/mol. The first-order chi connectivity index (χ1) is 28.3. The molecule has 1 aliphatic rings. The Kier molecular flexibility index (Phi) is 36.3. The molecule has 0 spiro atoms. The molecule has 0 bridgehead atoms. The minimum absolute atomic E-state index is 0.304. The van der Waals surface area contributed by atoms with Crippen LogP contribution in [0, 0.1) is 0 Å². The van der Waals surface area contributed by atoms with Crippen molar-refractivity contribution in [2.24, 2.45) is 0 Å². The average molecular weight is 826 g/mol. The molecule has 0 radical (unpaired) electrons. The van der Waals surface area contributed by atoms with Crippen molar-refractivity contribution < 1.29 is 44.9 Å². The van der Waals surface area contributed by atoms with Crippen LogP contribution < -0.4 is 5.32 Å². The quantitative estimate of drug-likeness (QED) is 0.0235. The van der Waals surface area contributed by atoms with E-state index in [2.05, 4.69) is 31.3 Å². The SMILES string of the molecule is CCCCCCCCCC/C=C\CCCCCCCCC(O)C(=O)NC(COC1OC(CO)C(O)C(O)C1O)C(O)/C=C/CCCCCCCCCCCCCCC. The van der Waals surface area contributed by atoms with Crippen molar-refractivity contribution in [3.8, 4) is 0 Å². The first kappa shape index (κ1) is 54.6. The van der Waals surface area contributed by atoms with Crippen LogP contribution in [0.4, 0.5) is 0 Å². The fourth-order valence-electron chi connectivity index (χ4n) is 7.63. The van der Waals surface area contributed by atoms with E-state index in [4.69, 9.17) is 9.47 Å².